The van der Waals surface area contributed by atoms with Crippen molar-refractivity contribution in [3.8, 4) is 5.75 Å². The van der Waals surface area contributed by atoms with E-state index in [2.05, 4.69) is 15.5 Å². The van der Waals surface area contributed by atoms with Crippen LogP contribution in [0.25, 0.3) is 0 Å². The quantitative estimate of drug-likeness (QED) is 0.338. The predicted molar refractivity (Wildman–Crippen MR) is 96.0 cm³/mol. The molecule has 2 rings (SSSR count). The molecule has 1 aromatic heterocycles. The number of hydrogen-bond donors (Lipinski definition) is 3. The Balaban J connectivity index is 1.96. The van der Waals surface area contributed by atoms with Gasteiger partial charge >= 0.3 is 5.97 Å². The molecule has 1 amide bonds. The molecular weight excluding hydrogens is 358 g/mol. The minimum atomic E-state index is -0.834. The van der Waals surface area contributed by atoms with E-state index >= 15 is 0 Å². The van der Waals surface area contributed by atoms with Crippen LogP contribution < -0.4 is 11.2 Å². The van der Waals surface area contributed by atoms with Crippen molar-refractivity contribution in [1.82, 2.24) is 20.2 Å². The standard InChI is InChI=1S/C16H21N5O4S/c1-3-13-19-20-16(21(13)17)26-9-14(23)18-12(15(24)25-2)8-10-4-6-11(22)7-5-10/h4-7,12,22H,3,8-9,17H2,1-2H3,(H,18,23)/t12-/m1/s1. The molecule has 26 heavy (non-hydrogen) atoms. The highest BCUT2D eigenvalue weighted by atomic mass is 32.2. The van der Waals surface area contributed by atoms with Gasteiger partial charge in [-0.15, -0.1) is 10.2 Å². The minimum Gasteiger partial charge on any atom is -0.508 e. The third kappa shape index (κ3) is 5.12. The van der Waals surface area contributed by atoms with Crippen LogP contribution in [0.5, 0.6) is 5.75 Å². The lowest BCUT2D eigenvalue weighted by molar-refractivity contribution is -0.144. The van der Waals surface area contributed by atoms with E-state index in [-0.39, 0.29) is 23.8 Å². The van der Waals surface area contributed by atoms with Crippen LogP contribution >= 0.6 is 11.8 Å². The maximum Gasteiger partial charge on any atom is 0.328 e. The summed E-state index contributed by atoms with van der Waals surface area (Å²) in [6, 6.07) is 5.55. The monoisotopic (exact) mass is 379 g/mol. The number of nitrogen functional groups attached to an aromatic ring is 1. The molecule has 0 saturated heterocycles. The van der Waals surface area contributed by atoms with Crippen LogP contribution in [0.4, 0.5) is 0 Å². The van der Waals surface area contributed by atoms with E-state index in [1.807, 2.05) is 6.92 Å². The van der Waals surface area contributed by atoms with Crippen LogP contribution in [0.2, 0.25) is 0 Å². The van der Waals surface area contributed by atoms with Gasteiger partial charge in [0.15, 0.2) is 5.82 Å². The van der Waals surface area contributed by atoms with Crippen LogP contribution in [0, 0.1) is 0 Å². The number of hydrogen-bond acceptors (Lipinski definition) is 8. The van der Waals surface area contributed by atoms with E-state index < -0.39 is 12.0 Å². The molecule has 4 N–H and O–H groups in total. The van der Waals surface area contributed by atoms with Crippen molar-refractivity contribution >= 4 is 23.6 Å². The number of aromatic hydroxyl groups is 1. The van der Waals surface area contributed by atoms with Gasteiger partial charge < -0.3 is 21.0 Å². The van der Waals surface area contributed by atoms with E-state index in [1.165, 1.54) is 23.9 Å². The average molecular weight is 379 g/mol. The van der Waals surface area contributed by atoms with Crippen LogP contribution in [0.3, 0.4) is 0 Å². The van der Waals surface area contributed by atoms with Gasteiger partial charge in [0.05, 0.1) is 12.9 Å². The number of methoxy groups -OCH3 is 1. The Bertz CT molecular complexity index is 763. The number of nitrogens with zero attached hydrogens (tertiary/aromatic N) is 3. The van der Waals surface area contributed by atoms with E-state index in [0.717, 1.165) is 17.3 Å². The summed E-state index contributed by atoms with van der Waals surface area (Å²) in [6.45, 7) is 1.90. The van der Waals surface area contributed by atoms with Gasteiger partial charge in [-0.2, -0.15) is 0 Å². The second-order valence-electron chi connectivity index (χ2n) is 5.42. The molecule has 0 bridgehead atoms. The van der Waals surface area contributed by atoms with Crippen molar-refractivity contribution in [3.63, 3.8) is 0 Å². The van der Waals surface area contributed by atoms with E-state index in [9.17, 15) is 14.7 Å². The number of phenols is 1. The molecule has 1 atom stereocenters. The van der Waals surface area contributed by atoms with E-state index in [4.69, 9.17) is 10.6 Å². The number of rotatable bonds is 8. The number of carbonyl (C=O) groups is 2. The van der Waals surface area contributed by atoms with Crippen LogP contribution in [0.1, 0.15) is 18.3 Å². The second kappa shape index (κ2) is 9.09. The van der Waals surface area contributed by atoms with Gasteiger partial charge in [0.2, 0.25) is 11.1 Å². The number of amides is 1. The summed E-state index contributed by atoms with van der Waals surface area (Å²) in [6.07, 6.45) is 0.879. The Morgan fingerprint density at radius 2 is 2.04 bits per heavy atom. The highest BCUT2D eigenvalue weighted by Crippen LogP contribution is 2.15. The molecule has 0 aliphatic rings. The number of carbonyl (C=O) groups excluding carboxylic acids is 2. The molecule has 0 saturated carbocycles. The van der Waals surface area contributed by atoms with E-state index in [0.29, 0.717) is 17.4 Å². The third-order valence-electron chi connectivity index (χ3n) is 3.58. The molecule has 0 unspecified atom stereocenters. The Morgan fingerprint density at radius 3 is 2.62 bits per heavy atom. The number of phenolic OH excluding ortho intramolecular Hbond substituents is 1. The van der Waals surface area contributed by atoms with Gasteiger partial charge in [-0.25, -0.2) is 9.47 Å². The zero-order valence-corrected chi connectivity index (χ0v) is 15.3. The third-order valence-corrected chi connectivity index (χ3v) is 4.52. The molecular formula is C16H21N5O4S. The summed E-state index contributed by atoms with van der Waals surface area (Å²) < 4.78 is 6.09. The van der Waals surface area contributed by atoms with Gasteiger partial charge in [-0.05, 0) is 17.7 Å². The molecule has 0 aliphatic heterocycles. The number of aryl methyl sites for hydroxylation is 1. The lowest BCUT2D eigenvalue weighted by atomic mass is 10.1. The maximum absolute atomic E-state index is 12.2. The van der Waals surface area contributed by atoms with Crippen molar-refractivity contribution in [2.75, 3.05) is 18.7 Å². The molecule has 2 aromatic rings. The molecule has 1 heterocycles. The number of ether oxygens (including phenoxy) is 1. The van der Waals surface area contributed by atoms with Crippen molar-refractivity contribution < 1.29 is 19.4 Å². The van der Waals surface area contributed by atoms with Crippen molar-refractivity contribution in [2.24, 2.45) is 0 Å². The lowest BCUT2D eigenvalue weighted by Crippen LogP contribution is -2.43. The first-order chi connectivity index (χ1) is 12.4. The molecule has 9 nitrogen and oxygen atoms in total. The minimum absolute atomic E-state index is 0.0299. The van der Waals surface area contributed by atoms with Gasteiger partial charge in [-0.3, -0.25) is 4.79 Å². The Morgan fingerprint density at radius 1 is 1.35 bits per heavy atom. The number of aromatic nitrogens is 3. The van der Waals surface area contributed by atoms with Crippen LogP contribution in [-0.4, -0.2) is 50.8 Å². The lowest BCUT2D eigenvalue weighted by Gasteiger charge is -2.16. The summed E-state index contributed by atoms with van der Waals surface area (Å²) in [4.78, 5) is 24.2. The summed E-state index contributed by atoms with van der Waals surface area (Å²) >= 11 is 1.13. The topological polar surface area (TPSA) is 132 Å². The van der Waals surface area contributed by atoms with Crippen molar-refractivity contribution in [3.05, 3.63) is 35.7 Å². The second-order valence-corrected chi connectivity index (χ2v) is 6.37. The molecule has 0 radical (unpaired) electrons. The number of benzene rings is 1. The Labute approximate surface area is 154 Å². The summed E-state index contributed by atoms with van der Waals surface area (Å²) in [5.41, 5.74) is 0.778. The molecule has 140 valence electrons. The normalized spacial score (nSPS) is 11.8. The molecule has 0 fully saturated rings. The summed E-state index contributed by atoms with van der Waals surface area (Å²) in [5, 5.41) is 20.2. The van der Waals surface area contributed by atoms with Gasteiger partial charge in [0.1, 0.15) is 11.8 Å². The average Bonchev–Trinajstić information content (AvgIpc) is 3.00. The molecule has 0 spiro atoms. The summed E-state index contributed by atoms with van der Waals surface area (Å²) in [7, 11) is 1.26. The Kier molecular flexibility index (Phi) is 6.84. The molecule has 10 heteroatoms. The Hall–Kier alpha value is -2.75. The fourth-order valence-corrected chi connectivity index (χ4v) is 2.90. The largest absolute Gasteiger partial charge is 0.508 e. The van der Waals surface area contributed by atoms with Gasteiger partial charge in [0.25, 0.3) is 0 Å². The first-order valence-corrected chi connectivity index (χ1v) is 8.90. The highest BCUT2D eigenvalue weighted by Gasteiger charge is 2.22. The van der Waals surface area contributed by atoms with Gasteiger partial charge in [-0.1, -0.05) is 30.8 Å². The summed E-state index contributed by atoms with van der Waals surface area (Å²) in [5.74, 6) is 5.70. The number of nitrogens with two attached hydrogens (primary N) is 1. The fraction of sp³-hybridized carbons (Fsp3) is 0.375. The highest BCUT2D eigenvalue weighted by molar-refractivity contribution is 7.99. The fourth-order valence-electron chi connectivity index (χ4n) is 2.22. The SMILES string of the molecule is CCc1nnc(SCC(=O)N[C@H](Cc2ccc(O)cc2)C(=O)OC)n1N. The first-order valence-electron chi connectivity index (χ1n) is 7.91. The molecule has 0 aliphatic carbocycles. The van der Waals surface area contributed by atoms with E-state index in [1.54, 1.807) is 12.1 Å². The van der Waals surface area contributed by atoms with Gasteiger partial charge in [0, 0.05) is 12.8 Å². The number of nitrogens with one attached hydrogen (secondary N) is 1. The predicted octanol–water partition coefficient (Wildman–Crippen LogP) is 0.253. The first kappa shape index (κ1) is 19.6. The van der Waals surface area contributed by atoms with Crippen molar-refractivity contribution in [2.45, 2.75) is 31.0 Å². The van der Waals surface area contributed by atoms with Crippen LogP contribution in [-0.2, 0) is 27.2 Å². The van der Waals surface area contributed by atoms with Crippen LogP contribution in [0.15, 0.2) is 29.4 Å². The maximum atomic E-state index is 12.2. The number of thioether (sulfide) groups is 1. The zero-order valence-electron chi connectivity index (χ0n) is 14.5. The number of esters is 1. The smallest absolute Gasteiger partial charge is 0.328 e. The van der Waals surface area contributed by atoms with Crippen molar-refractivity contribution in [1.29, 1.82) is 0 Å². The zero-order chi connectivity index (χ0) is 19.1. The molecule has 1 aromatic carbocycles.